The number of anilines is 2. The van der Waals surface area contributed by atoms with Crippen LogP contribution < -0.4 is 10.6 Å². The minimum absolute atomic E-state index is 0.0249. The summed E-state index contributed by atoms with van der Waals surface area (Å²) in [6.07, 6.45) is 2.95. The van der Waals surface area contributed by atoms with Crippen LogP contribution in [0.25, 0.3) is 17.4 Å². The number of furan rings is 1. The Hall–Kier alpha value is -3.80. The smallest absolute Gasteiger partial charge is 0.255 e. The van der Waals surface area contributed by atoms with E-state index in [1.165, 1.54) is 6.08 Å². The average molecular weight is 533 g/mol. The number of hydrogen-bond acceptors (Lipinski definition) is 3. The SMILES string of the molecule is CC(C)(C)c1ccc(C(=O)Nc2ccc(NC(=O)/C=C/c3ccc(-c4cc(Cl)cc(Cl)c4)o3)cc2)cc1. The zero-order valence-electron chi connectivity index (χ0n) is 20.6. The summed E-state index contributed by atoms with van der Waals surface area (Å²) in [5.74, 6) is 0.583. The fourth-order valence-corrected chi connectivity index (χ4v) is 4.12. The number of rotatable bonds is 6. The van der Waals surface area contributed by atoms with Crippen LogP contribution in [0.15, 0.2) is 89.4 Å². The molecule has 37 heavy (non-hydrogen) atoms. The Balaban J connectivity index is 1.32. The van der Waals surface area contributed by atoms with E-state index in [4.69, 9.17) is 27.6 Å². The molecule has 4 aromatic rings. The van der Waals surface area contributed by atoms with E-state index in [1.54, 1.807) is 60.7 Å². The fourth-order valence-electron chi connectivity index (χ4n) is 3.60. The van der Waals surface area contributed by atoms with Gasteiger partial charge in [-0.15, -0.1) is 0 Å². The Morgan fingerprint density at radius 3 is 1.97 bits per heavy atom. The highest BCUT2D eigenvalue weighted by atomic mass is 35.5. The van der Waals surface area contributed by atoms with Gasteiger partial charge in [-0.25, -0.2) is 0 Å². The monoisotopic (exact) mass is 532 g/mol. The third-order valence-electron chi connectivity index (χ3n) is 5.60. The fraction of sp³-hybridized carbons (Fsp3) is 0.133. The van der Waals surface area contributed by atoms with Gasteiger partial charge in [-0.05, 0) is 83.8 Å². The second-order valence-electron chi connectivity index (χ2n) is 9.54. The lowest BCUT2D eigenvalue weighted by Gasteiger charge is -2.19. The molecule has 0 bridgehead atoms. The molecule has 4 rings (SSSR count). The van der Waals surface area contributed by atoms with Crippen molar-refractivity contribution >= 4 is 52.5 Å². The molecule has 0 aliphatic rings. The van der Waals surface area contributed by atoms with Gasteiger partial charge in [-0.2, -0.15) is 0 Å². The highest BCUT2D eigenvalue weighted by molar-refractivity contribution is 6.35. The van der Waals surface area contributed by atoms with Gasteiger partial charge in [-0.3, -0.25) is 9.59 Å². The second-order valence-corrected chi connectivity index (χ2v) is 10.4. The van der Waals surface area contributed by atoms with Crippen molar-refractivity contribution in [2.45, 2.75) is 26.2 Å². The van der Waals surface area contributed by atoms with Gasteiger partial charge in [0.05, 0.1) is 0 Å². The Morgan fingerprint density at radius 2 is 1.38 bits per heavy atom. The van der Waals surface area contributed by atoms with Crippen molar-refractivity contribution in [1.82, 2.24) is 0 Å². The van der Waals surface area contributed by atoms with Crippen LogP contribution in [0.4, 0.5) is 11.4 Å². The van der Waals surface area contributed by atoms with Gasteiger partial charge < -0.3 is 15.1 Å². The number of carbonyl (C=O) groups excluding carboxylic acids is 2. The molecule has 0 fully saturated rings. The summed E-state index contributed by atoms with van der Waals surface area (Å²) in [6.45, 7) is 6.39. The first kappa shape index (κ1) is 26.3. The van der Waals surface area contributed by atoms with Crippen molar-refractivity contribution in [1.29, 1.82) is 0 Å². The largest absolute Gasteiger partial charge is 0.457 e. The lowest BCUT2D eigenvalue weighted by atomic mass is 9.87. The van der Waals surface area contributed by atoms with Gasteiger partial charge >= 0.3 is 0 Å². The minimum atomic E-state index is -0.320. The van der Waals surface area contributed by atoms with Gasteiger partial charge in [0, 0.05) is 38.6 Å². The highest BCUT2D eigenvalue weighted by Gasteiger charge is 2.14. The molecule has 3 aromatic carbocycles. The molecular formula is C30H26Cl2N2O3. The van der Waals surface area contributed by atoms with Crippen LogP contribution >= 0.6 is 23.2 Å². The summed E-state index contributed by atoms with van der Waals surface area (Å²) in [5, 5.41) is 6.67. The summed E-state index contributed by atoms with van der Waals surface area (Å²) < 4.78 is 5.77. The van der Waals surface area contributed by atoms with Crippen LogP contribution in [0.3, 0.4) is 0 Å². The summed E-state index contributed by atoms with van der Waals surface area (Å²) in [4.78, 5) is 24.9. The molecule has 5 nitrogen and oxygen atoms in total. The van der Waals surface area contributed by atoms with Gasteiger partial charge in [0.25, 0.3) is 5.91 Å². The quantitative estimate of drug-likeness (QED) is 0.244. The molecule has 0 aliphatic heterocycles. The molecular weight excluding hydrogens is 507 g/mol. The van der Waals surface area contributed by atoms with Gasteiger partial charge in [0.2, 0.25) is 5.91 Å². The molecule has 188 valence electrons. The van der Waals surface area contributed by atoms with Crippen molar-refractivity contribution in [2.24, 2.45) is 0 Å². The van der Waals surface area contributed by atoms with E-state index in [0.717, 1.165) is 11.1 Å². The standard InChI is InChI=1S/C30H26Cl2N2O3/c1-30(2,3)21-6-4-19(5-7-21)29(36)34-25-10-8-24(9-11-25)33-28(35)15-13-26-12-14-27(37-26)20-16-22(31)18-23(32)17-20/h4-18H,1-3H3,(H,33,35)(H,34,36)/b15-13+. The zero-order chi connectivity index (χ0) is 26.6. The first-order chi connectivity index (χ1) is 17.6. The minimum Gasteiger partial charge on any atom is -0.457 e. The van der Waals surface area contributed by atoms with Crippen LogP contribution in [0, 0.1) is 0 Å². The van der Waals surface area contributed by atoms with E-state index >= 15 is 0 Å². The summed E-state index contributed by atoms with van der Waals surface area (Å²) in [5.41, 5.74) is 3.73. The van der Waals surface area contributed by atoms with Crippen molar-refractivity contribution in [2.75, 3.05) is 10.6 Å². The normalized spacial score (nSPS) is 11.5. The zero-order valence-corrected chi connectivity index (χ0v) is 22.2. The molecule has 0 atom stereocenters. The Morgan fingerprint density at radius 1 is 0.784 bits per heavy atom. The summed E-state index contributed by atoms with van der Waals surface area (Å²) in [6, 6.07) is 23.2. The van der Waals surface area contributed by atoms with E-state index in [9.17, 15) is 9.59 Å². The molecule has 0 spiro atoms. The Bertz CT molecular complexity index is 1430. The molecule has 0 saturated carbocycles. The third kappa shape index (κ3) is 7.13. The van der Waals surface area contributed by atoms with E-state index in [2.05, 4.69) is 31.4 Å². The van der Waals surface area contributed by atoms with E-state index < -0.39 is 0 Å². The number of amides is 2. The number of nitrogens with one attached hydrogen (secondary N) is 2. The van der Waals surface area contributed by atoms with E-state index in [1.807, 2.05) is 24.3 Å². The predicted octanol–water partition coefficient (Wildman–Crippen LogP) is 8.46. The number of halogens is 2. The predicted molar refractivity (Wildman–Crippen MR) is 151 cm³/mol. The molecule has 0 unspecified atom stereocenters. The maximum atomic E-state index is 12.6. The van der Waals surface area contributed by atoms with Crippen LogP contribution in [-0.4, -0.2) is 11.8 Å². The first-order valence-corrected chi connectivity index (χ1v) is 12.4. The number of carbonyl (C=O) groups is 2. The summed E-state index contributed by atoms with van der Waals surface area (Å²) >= 11 is 12.1. The topological polar surface area (TPSA) is 71.3 Å². The van der Waals surface area contributed by atoms with Gasteiger partial charge in [-0.1, -0.05) is 56.1 Å². The molecule has 0 aliphatic carbocycles. The van der Waals surface area contributed by atoms with Crippen LogP contribution in [0.5, 0.6) is 0 Å². The van der Waals surface area contributed by atoms with Crippen LogP contribution in [-0.2, 0) is 10.2 Å². The van der Waals surface area contributed by atoms with Crippen molar-refractivity contribution in [3.8, 4) is 11.3 Å². The first-order valence-electron chi connectivity index (χ1n) is 11.6. The van der Waals surface area contributed by atoms with Crippen LogP contribution in [0.1, 0.15) is 42.5 Å². The lowest BCUT2D eigenvalue weighted by Crippen LogP contribution is -2.14. The van der Waals surface area contributed by atoms with Crippen molar-refractivity contribution in [3.63, 3.8) is 0 Å². The molecule has 0 saturated heterocycles. The molecule has 2 amide bonds. The van der Waals surface area contributed by atoms with Crippen molar-refractivity contribution in [3.05, 3.63) is 112 Å². The number of hydrogen-bond donors (Lipinski definition) is 2. The molecule has 2 N–H and O–H groups in total. The third-order valence-corrected chi connectivity index (χ3v) is 6.03. The van der Waals surface area contributed by atoms with E-state index in [0.29, 0.717) is 38.5 Å². The molecule has 1 heterocycles. The number of benzene rings is 3. The Labute approximate surface area is 226 Å². The molecule has 7 heteroatoms. The maximum absolute atomic E-state index is 12.6. The maximum Gasteiger partial charge on any atom is 0.255 e. The lowest BCUT2D eigenvalue weighted by molar-refractivity contribution is -0.111. The van der Waals surface area contributed by atoms with Crippen LogP contribution in [0.2, 0.25) is 10.0 Å². The van der Waals surface area contributed by atoms with Gasteiger partial charge in [0.1, 0.15) is 11.5 Å². The summed E-state index contributed by atoms with van der Waals surface area (Å²) in [7, 11) is 0. The molecule has 0 radical (unpaired) electrons. The molecule has 1 aromatic heterocycles. The average Bonchev–Trinajstić information content (AvgIpc) is 3.32. The Kier molecular flexibility index (Phi) is 7.86. The van der Waals surface area contributed by atoms with Crippen molar-refractivity contribution < 1.29 is 14.0 Å². The van der Waals surface area contributed by atoms with E-state index in [-0.39, 0.29) is 17.2 Å². The van der Waals surface area contributed by atoms with Gasteiger partial charge in [0.15, 0.2) is 0 Å². The highest BCUT2D eigenvalue weighted by Crippen LogP contribution is 2.29. The second kappa shape index (κ2) is 11.1.